The van der Waals surface area contributed by atoms with Gasteiger partial charge in [-0.1, -0.05) is 32.6 Å². The van der Waals surface area contributed by atoms with Gasteiger partial charge in [-0.3, -0.25) is 0 Å². The molecule has 0 bridgehead atoms. The maximum absolute atomic E-state index is 2.53. The first-order valence-corrected chi connectivity index (χ1v) is 6.01. The van der Waals surface area contributed by atoms with Crippen molar-refractivity contribution in [2.45, 2.75) is 51.9 Å². The quantitative estimate of drug-likeness (QED) is 0.632. The average Bonchev–Trinajstić information content (AvgIpc) is 2.16. The molecule has 1 fully saturated rings. The van der Waals surface area contributed by atoms with Crippen LogP contribution >= 0.6 is 0 Å². The highest BCUT2D eigenvalue weighted by atomic mass is 15.1. The van der Waals surface area contributed by atoms with E-state index in [1.54, 1.807) is 0 Å². The Bertz CT molecular complexity index is 116. The van der Waals surface area contributed by atoms with E-state index in [-0.39, 0.29) is 0 Å². The van der Waals surface area contributed by atoms with Crippen LogP contribution in [0, 0.1) is 5.92 Å². The number of nitrogens with zero attached hydrogens (tertiary/aromatic N) is 1. The smallest absolute Gasteiger partial charge is 0.000661 e. The van der Waals surface area contributed by atoms with Gasteiger partial charge in [-0.2, -0.15) is 0 Å². The highest BCUT2D eigenvalue weighted by Gasteiger charge is 2.14. The molecule has 1 nitrogen and oxygen atoms in total. The van der Waals surface area contributed by atoms with Crippen LogP contribution in [-0.2, 0) is 0 Å². The molecule has 1 aliphatic carbocycles. The molecule has 78 valence electrons. The molecule has 0 saturated heterocycles. The number of hydrogen-bond donors (Lipinski definition) is 0. The van der Waals surface area contributed by atoms with Crippen molar-refractivity contribution < 1.29 is 0 Å². The maximum Gasteiger partial charge on any atom is 0.000661 e. The van der Waals surface area contributed by atoms with Crippen LogP contribution in [0.3, 0.4) is 0 Å². The molecule has 0 spiro atoms. The molecular formula is C12H25N. The van der Waals surface area contributed by atoms with E-state index in [0.717, 1.165) is 5.92 Å². The van der Waals surface area contributed by atoms with Crippen molar-refractivity contribution in [1.82, 2.24) is 4.90 Å². The van der Waals surface area contributed by atoms with Crippen molar-refractivity contribution in [3.05, 3.63) is 0 Å². The van der Waals surface area contributed by atoms with Gasteiger partial charge < -0.3 is 4.90 Å². The van der Waals surface area contributed by atoms with Crippen molar-refractivity contribution in [3.63, 3.8) is 0 Å². The summed E-state index contributed by atoms with van der Waals surface area (Å²) in [6, 6.07) is 0. The highest BCUT2D eigenvalue weighted by molar-refractivity contribution is 4.68. The summed E-state index contributed by atoms with van der Waals surface area (Å²) in [5, 5.41) is 0. The van der Waals surface area contributed by atoms with Crippen LogP contribution in [0.4, 0.5) is 0 Å². The predicted molar refractivity (Wildman–Crippen MR) is 59.0 cm³/mol. The molecule has 0 amide bonds. The summed E-state index contributed by atoms with van der Waals surface area (Å²) in [5.41, 5.74) is 0. The minimum Gasteiger partial charge on any atom is -0.306 e. The number of rotatable bonds is 5. The maximum atomic E-state index is 2.53. The Morgan fingerprint density at radius 2 is 1.85 bits per heavy atom. The zero-order valence-corrected chi connectivity index (χ0v) is 9.39. The van der Waals surface area contributed by atoms with Crippen LogP contribution in [0.15, 0.2) is 0 Å². The molecule has 13 heavy (non-hydrogen) atoms. The molecule has 0 aromatic rings. The van der Waals surface area contributed by atoms with Gasteiger partial charge in [-0.15, -0.1) is 0 Å². The summed E-state index contributed by atoms with van der Waals surface area (Å²) in [7, 11) is 2.28. The summed E-state index contributed by atoms with van der Waals surface area (Å²) in [5.74, 6) is 1.01. The normalized spacial score (nSPS) is 19.6. The van der Waals surface area contributed by atoms with Crippen LogP contribution in [0.5, 0.6) is 0 Å². The summed E-state index contributed by atoms with van der Waals surface area (Å²) < 4.78 is 0. The van der Waals surface area contributed by atoms with E-state index in [2.05, 4.69) is 18.9 Å². The molecule has 1 rings (SSSR count). The SMILES string of the molecule is CCCCN(C)CC1CCCCC1. The fourth-order valence-electron chi connectivity index (χ4n) is 2.33. The van der Waals surface area contributed by atoms with Crippen molar-refractivity contribution in [2.24, 2.45) is 5.92 Å². The molecular weight excluding hydrogens is 158 g/mol. The Kier molecular flexibility index (Phi) is 5.45. The standard InChI is InChI=1S/C12H25N/c1-3-4-10-13(2)11-12-8-6-5-7-9-12/h12H,3-11H2,1-2H3. The third-order valence-corrected chi connectivity index (χ3v) is 3.19. The van der Waals surface area contributed by atoms with Crippen molar-refractivity contribution >= 4 is 0 Å². The van der Waals surface area contributed by atoms with Gasteiger partial charge in [-0.05, 0) is 38.8 Å². The molecule has 1 saturated carbocycles. The molecule has 0 N–H and O–H groups in total. The minimum atomic E-state index is 1.01. The van der Waals surface area contributed by atoms with Gasteiger partial charge in [0.05, 0.1) is 0 Å². The average molecular weight is 183 g/mol. The van der Waals surface area contributed by atoms with Crippen molar-refractivity contribution in [3.8, 4) is 0 Å². The summed E-state index contributed by atoms with van der Waals surface area (Å²) in [6.07, 6.45) is 10.1. The zero-order valence-electron chi connectivity index (χ0n) is 9.39. The van der Waals surface area contributed by atoms with Crippen molar-refractivity contribution in [1.29, 1.82) is 0 Å². The first-order valence-electron chi connectivity index (χ1n) is 6.01. The number of unbranched alkanes of at least 4 members (excludes halogenated alkanes) is 1. The fraction of sp³-hybridized carbons (Fsp3) is 1.00. The van der Waals surface area contributed by atoms with Crippen LogP contribution in [-0.4, -0.2) is 25.0 Å². The van der Waals surface area contributed by atoms with E-state index in [1.165, 1.54) is 58.0 Å². The molecule has 0 heterocycles. The van der Waals surface area contributed by atoms with Gasteiger partial charge in [0.1, 0.15) is 0 Å². The van der Waals surface area contributed by atoms with E-state index in [1.807, 2.05) is 0 Å². The van der Waals surface area contributed by atoms with Crippen LogP contribution < -0.4 is 0 Å². The molecule has 0 aromatic carbocycles. The minimum absolute atomic E-state index is 1.01. The predicted octanol–water partition coefficient (Wildman–Crippen LogP) is 3.30. The lowest BCUT2D eigenvalue weighted by Crippen LogP contribution is -2.27. The second-order valence-electron chi connectivity index (χ2n) is 4.62. The highest BCUT2D eigenvalue weighted by Crippen LogP contribution is 2.23. The molecule has 0 atom stereocenters. The zero-order chi connectivity index (χ0) is 9.52. The van der Waals surface area contributed by atoms with Gasteiger partial charge in [-0.25, -0.2) is 0 Å². The second-order valence-corrected chi connectivity index (χ2v) is 4.62. The molecule has 0 unspecified atom stereocenters. The van der Waals surface area contributed by atoms with Crippen LogP contribution in [0.1, 0.15) is 51.9 Å². The number of hydrogen-bond acceptors (Lipinski definition) is 1. The largest absolute Gasteiger partial charge is 0.306 e. The van der Waals surface area contributed by atoms with Crippen LogP contribution in [0.2, 0.25) is 0 Å². The van der Waals surface area contributed by atoms with Gasteiger partial charge in [0.25, 0.3) is 0 Å². The summed E-state index contributed by atoms with van der Waals surface area (Å²) >= 11 is 0. The second kappa shape index (κ2) is 6.42. The van der Waals surface area contributed by atoms with Crippen LogP contribution in [0.25, 0.3) is 0 Å². The molecule has 1 heteroatoms. The summed E-state index contributed by atoms with van der Waals surface area (Å²) in [6.45, 7) is 4.92. The van der Waals surface area contributed by atoms with E-state index in [4.69, 9.17) is 0 Å². The van der Waals surface area contributed by atoms with E-state index < -0.39 is 0 Å². The molecule has 0 aromatic heterocycles. The monoisotopic (exact) mass is 183 g/mol. The third kappa shape index (κ3) is 4.66. The van der Waals surface area contributed by atoms with Gasteiger partial charge in [0.2, 0.25) is 0 Å². The van der Waals surface area contributed by atoms with Gasteiger partial charge in [0.15, 0.2) is 0 Å². The lowest BCUT2D eigenvalue weighted by molar-refractivity contribution is 0.231. The molecule has 0 aliphatic heterocycles. The molecule has 0 radical (unpaired) electrons. The van der Waals surface area contributed by atoms with Gasteiger partial charge in [0, 0.05) is 6.54 Å². The summed E-state index contributed by atoms with van der Waals surface area (Å²) in [4.78, 5) is 2.53. The Morgan fingerprint density at radius 3 is 2.46 bits per heavy atom. The third-order valence-electron chi connectivity index (χ3n) is 3.19. The van der Waals surface area contributed by atoms with E-state index in [0.29, 0.717) is 0 Å². The first-order chi connectivity index (χ1) is 6.33. The Labute approximate surface area is 83.5 Å². The lowest BCUT2D eigenvalue weighted by atomic mass is 9.89. The fourth-order valence-corrected chi connectivity index (χ4v) is 2.33. The van der Waals surface area contributed by atoms with Crippen molar-refractivity contribution in [2.75, 3.05) is 20.1 Å². The first kappa shape index (κ1) is 11.0. The van der Waals surface area contributed by atoms with E-state index >= 15 is 0 Å². The Morgan fingerprint density at radius 1 is 1.15 bits per heavy atom. The lowest BCUT2D eigenvalue weighted by Gasteiger charge is -2.26. The van der Waals surface area contributed by atoms with Gasteiger partial charge >= 0.3 is 0 Å². The topological polar surface area (TPSA) is 3.24 Å². The Hall–Kier alpha value is -0.0400. The molecule has 1 aliphatic rings. The Balaban J connectivity index is 2.07. The van der Waals surface area contributed by atoms with E-state index in [9.17, 15) is 0 Å².